The first kappa shape index (κ1) is 16.1. The molecule has 1 aromatic rings. The number of benzene rings is 1. The molecule has 0 radical (unpaired) electrons. The fourth-order valence-corrected chi connectivity index (χ4v) is 4.73. The topological polar surface area (TPSA) is 38.8 Å². The van der Waals surface area contributed by atoms with E-state index >= 15 is 0 Å². The van der Waals surface area contributed by atoms with Crippen LogP contribution in [0, 0.1) is 5.92 Å². The lowest BCUT2D eigenvalue weighted by Gasteiger charge is -2.45. The third kappa shape index (κ3) is 3.09. The van der Waals surface area contributed by atoms with Gasteiger partial charge < -0.3 is 14.4 Å². The maximum atomic E-state index is 13.2. The van der Waals surface area contributed by atoms with Crippen LogP contribution in [0.1, 0.15) is 43.6 Å². The zero-order chi connectivity index (χ0) is 16.4. The number of likely N-dealkylation sites (tertiary alicyclic amines) is 1. The van der Waals surface area contributed by atoms with E-state index in [1.807, 2.05) is 6.07 Å². The molecule has 3 aliphatic rings. The number of piperidine rings is 1. The fraction of sp³-hybridized carbons (Fsp3) is 0.650. The van der Waals surface area contributed by atoms with E-state index in [9.17, 15) is 4.79 Å². The summed E-state index contributed by atoms with van der Waals surface area (Å²) in [5.41, 5.74) is 1.06. The van der Waals surface area contributed by atoms with Crippen molar-refractivity contribution >= 4 is 5.91 Å². The number of ether oxygens (including phenoxy) is 2. The summed E-state index contributed by atoms with van der Waals surface area (Å²) in [5, 5.41) is 0. The molecule has 0 bridgehead atoms. The van der Waals surface area contributed by atoms with E-state index in [1.54, 1.807) is 0 Å². The predicted molar refractivity (Wildman–Crippen MR) is 91.8 cm³/mol. The molecule has 0 aromatic heterocycles. The molecule has 3 atom stereocenters. The second kappa shape index (κ2) is 6.85. The van der Waals surface area contributed by atoms with Gasteiger partial charge in [0.1, 0.15) is 5.60 Å². The molecule has 3 fully saturated rings. The molecule has 2 aliphatic heterocycles. The summed E-state index contributed by atoms with van der Waals surface area (Å²) >= 11 is 0. The van der Waals surface area contributed by atoms with Crippen molar-refractivity contribution < 1.29 is 14.3 Å². The van der Waals surface area contributed by atoms with E-state index in [0.717, 1.165) is 38.6 Å². The molecule has 4 nitrogen and oxygen atoms in total. The Hall–Kier alpha value is -1.39. The average molecular weight is 329 g/mol. The van der Waals surface area contributed by atoms with Gasteiger partial charge in [0.25, 0.3) is 0 Å². The number of amides is 1. The van der Waals surface area contributed by atoms with Crippen molar-refractivity contribution in [1.82, 2.24) is 4.90 Å². The van der Waals surface area contributed by atoms with Crippen LogP contribution in [0.3, 0.4) is 0 Å². The summed E-state index contributed by atoms with van der Waals surface area (Å²) in [7, 11) is 0. The molecule has 1 aromatic carbocycles. The highest BCUT2D eigenvalue weighted by Gasteiger charge is 2.43. The SMILES string of the molecule is O=C(C1CCCC1c1ccccc1)N1CCCC2(COCCO2)C1. The number of nitrogens with zero attached hydrogens (tertiary/aromatic N) is 1. The van der Waals surface area contributed by atoms with E-state index in [-0.39, 0.29) is 11.5 Å². The van der Waals surface area contributed by atoms with Crippen LogP contribution in [-0.4, -0.2) is 49.3 Å². The van der Waals surface area contributed by atoms with Gasteiger partial charge in [-0.15, -0.1) is 0 Å². The number of carbonyl (C=O) groups excluding carboxylic acids is 1. The molecular formula is C20H27NO3. The Kier molecular flexibility index (Phi) is 4.59. The van der Waals surface area contributed by atoms with Crippen LogP contribution in [0.5, 0.6) is 0 Å². The van der Waals surface area contributed by atoms with Gasteiger partial charge in [0.05, 0.1) is 26.4 Å². The first-order chi connectivity index (χ1) is 11.8. The minimum absolute atomic E-state index is 0.132. The molecule has 1 aliphatic carbocycles. The Morgan fingerprint density at radius 1 is 1.12 bits per heavy atom. The van der Waals surface area contributed by atoms with Crippen LogP contribution < -0.4 is 0 Å². The Bertz CT molecular complexity index is 562. The van der Waals surface area contributed by atoms with Gasteiger partial charge in [-0.2, -0.15) is 0 Å². The minimum atomic E-state index is -0.257. The zero-order valence-electron chi connectivity index (χ0n) is 14.3. The number of carbonyl (C=O) groups is 1. The van der Waals surface area contributed by atoms with E-state index in [1.165, 1.54) is 5.56 Å². The zero-order valence-corrected chi connectivity index (χ0v) is 14.3. The maximum absolute atomic E-state index is 13.2. The van der Waals surface area contributed by atoms with Crippen LogP contribution in [-0.2, 0) is 14.3 Å². The van der Waals surface area contributed by atoms with Crippen molar-refractivity contribution in [2.24, 2.45) is 5.92 Å². The van der Waals surface area contributed by atoms with Gasteiger partial charge in [-0.25, -0.2) is 0 Å². The largest absolute Gasteiger partial charge is 0.376 e. The van der Waals surface area contributed by atoms with Crippen LogP contribution in [0.25, 0.3) is 0 Å². The first-order valence-electron chi connectivity index (χ1n) is 9.33. The van der Waals surface area contributed by atoms with Crippen molar-refractivity contribution in [3.63, 3.8) is 0 Å². The number of hydrogen-bond acceptors (Lipinski definition) is 3. The quantitative estimate of drug-likeness (QED) is 0.837. The predicted octanol–water partition coefficient (Wildman–Crippen LogP) is 2.98. The van der Waals surface area contributed by atoms with Crippen LogP contribution in [0.15, 0.2) is 30.3 Å². The van der Waals surface area contributed by atoms with Gasteiger partial charge in [0.15, 0.2) is 0 Å². The van der Waals surface area contributed by atoms with E-state index in [4.69, 9.17) is 9.47 Å². The normalized spacial score (nSPS) is 33.8. The van der Waals surface area contributed by atoms with Crippen LogP contribution in [0.4, 0.5) is 0 Å². The molecule has 1 saturated carbocycles. The number of rotatable bonds is 2. The third-order valence-corrected chi connectivity index (χ3v) is 5.91. The summed E-state index contributed by atoms with van der Waals surface area (Å²) in [6, 6.07) is 10.6. The molecule has 2 heterocycles. The molecule has 0 N–H and O–H groups in total. The van der Waals surface area contributed by atoms with Crippen molar-refractivity contribution in [1.29, 1.82) is 0 Å². The van der Waals surface area contributed by atoms with Crippen molar-refractivity contribution in [2.45, 2.75) is 43.6 Å². The monoisotopic (exact) mass is 329 g/mol. The summed E-state index contributed by atoms with van der Waals surface area (Å²) < 4.78 is 11.7. The minimum Gasteiger partial charge on any atom is -0.376 e. The summed E-state index contributed by atoms with van der Waals surface area (Å²) in [4.78, 5) is 15.3. The highest BCUT2D eigenvalue weighted by atomic mass is 16.6. The van der Waals surface area contributed by atoms with E-state index in [2.05, 4.69) is 29.2 Å². The smallest absolute Gasteiger partial charge is 0.226 e. The van der Waals surface area contributed by atoms with Gasteiger partial charge in [-0.05, 0) is 37.2 Å². The summed E-state index contributed by atoms with van der Waals surface area (Å²) in [6.07, 6.45) is 5.30. The second-order valence-corrected chi connectivity index (χ2v) is 7.50. The van der Waals surface area contributed by atoms with E-state index < -0.39 is 0 Å². The molecule has 1 amide bonds. The Labute approximate surface area is 144 Å². The highest BCUT2D eigenvalue weighted by Crippen LogP contribution is 2.41. The van der Waals surface area contributed by atoms with Crippen LogP contribution in [0.2, 0.25) is 0 Å². The summed E-state index contributed by atoms with van der Waals surface area (Å²) in [6.45, 7) is 3.52. The molecular weight excluding hydrogens is 302 g/mol. The molecule has 3 unspecified atom stereocenters. The fourth-order valence-electron chi connectivity index (χ4n) is 4.73. The van der Waals surface area contributed by atoms with Crippen molar-refractivity contribution in [3.8, 4) is 0 Å². The van der Waals surface area contributed by atoms with Gasteiger partial charge in [0.2, 0.25) is 5.91 Å². The highest BCUT2D eigenvalue weighted by molar-refractivity contribution is 5.80. The third-order valence-electron chi connectivity index (χ3n) is 5.91. The summed E-state index contributed by atoms with van der Waals surface area (Å²) in [5.74, 6) is 0.835. The Morgan fingerprint density at radius 3 is 2.79 bits per heavy atom. The molecule has 2 saturated heterocycles. The van der Waals surface area contributed by atoms with Gasteiger partial charge >= 0.3 is 0 Å². The second-order valence-electron chi connectivity index (χ2n) is 7.50. The maximum Gasteiger partial charge on any atom is 0.226 e. The Balaban J connectivity index is 1.48. The van der Waals surface area contributed by atoms with Crippen molar-refractivity contribution in [2.75, 3.05) is 32.9 Å². The molecule has 4 heteroatoms. The Morgan fingerprint density at radius 2 is 2.00 bits per heavy atom. The molecule has 24 heavy (non-hydrogen) atoms. The van der Waals surface area contributed by atoms with Crippen molar-refractivity contribution in [3.05, 3.63) is 35.9 Å². The van der Waals surface area contributed by atoms with Gasteiger partial charge in [-0.1, -0.05) is 36.8 Å². The van der Waals surface area contributed by atoms with Gasteiger partial charge in [0, 0.05) is 12.5 Å². The lowest BCUT2D eigenvalue weighted by Crippen LogP contribution is -2.57. The number of hydrogen-bond donors (Lipinski definition) is 0. The van der Waals surface area contributed by atoms with Gasteiger partial charge in [-0.3, -0.25) is 4.79 Å². The average Bonchev–Trinajstić information content (AvgIpc) is 3.12. The van der Waals surface area contributed by atoms with E-state index in [0.29, 0.717) is 38.2 Å². The van der Waals surface area contributed by atoms with Crippen LogP contribution >= 0.6 is 0 Å². The standard InChI is InChI=1S/C20H27NO3/c22-19(18-9-4-8-17(18)16-6-2-1-3-7-16)21-11-5-10-20(14-21)15-23-12-13-24-20/h1-3,6-7,17-18H,4-5,8-15H2. The molecule has 130 valence electrons. The lowest BCUT2D eigenvalue weighted by atomic mass is 9.86. The molecule has 4 rings (SSSR count). The first-order valence-corrected chi connectivity index (χ1v) is 9.33. The molecule has 1 spiro atoms. The lowest BCUT2D eigenvalue weighted by molar-refractivity contribution is -0.185.